The van der Waals surface area contributed by atoms with Crippen LogP contribution in [0.25, 0.3) is 0 Å². The molecule has 1 saturated heterocycles. The van der Waals surface area contributed by atoms with Crippen LogP contribution in [0.2, 0.25) is 0 Å². The number of amides is 2. The van der Waals surface area contributed by atoms with Gasteiger partial charge in [0.15, 0.2) is 11.5 Å². The molecule has 0 radical (unpaired) electrons. The van der Waals surface area contributed by atoms with Crippen LogP contribution >= 0.6 is 23.1 Å². The topological polar surface area (TPSA) is 77.1 Å². The molecular weight excluding hydrogens is 472 g/mol. The number of carbonyl (C=O) groups excluding carboxylic acids is 2. The lowest BCUT2D eigenvalue weighted by Gasteiger charge is -2.29. The molecule has 9 heteroatoms. The van der Waals surface area contributed by atoms with E-state index in [1.54, 1.807) is 40.1 Å². The monoisotopic (exact) mass is 498 g/mol. The molecule has 2 amide bonds. The summed E-state index contributed by atoms with van der Waals surface area (Å²) in [6.07, 6.45) is 0. The normalized spacial score (nSPS) is 17.3. The molecule has 1 aromatic heterocycles. The van der Waals surface area contributed by atoms with Crippen LogP contribution in [0.15, 0.2) is 60.0 Å². The molecule has 1 fully saturated rings. The van der Waals surface area contributed by atoms with Gasteiger partial charge in [0.1, 0.15) is 11.4 Å². The first-order chi connectivity index (χ1) is 16.6. The van der Waals surface area contributed by atoms with Crippen LogP contribution < -0.4 is 19.5 Å². The average Bonchev–Trinajstić information content (AvgIpc) is 3.56. The maximum Gasteiger partial charge on any atom is 0.256 e. The zero-order valence-electron chi connectivity index (χ0n) is 19.1. The molecule has 34 heavy (non-hydrogen) atoms. The van der Waals surface area contributed by atoms with E-state index < -0.39 is 6.04 Å². The standard InChI is InChI=1S/C25H26N2O5S2/c1-30-19-12-17(13-20(31-2)22(19)32-3)24(29)27-18(15-34-25(27)21-10-7-11-33-21)23(28)26-14-16-8-5-4-6-9-16/h4-13,18,25H,14-15H2,1-3H3,(H,26,28). The lowest BCUT2D eigenvalue weighted by molar-refractivity contribution is -0.125. The molecule has 0 bridgehead atoms. The van der Waals surface area contributed by atoms with Crippen LogP contribution in [0.3, 0.4) is 0 Å². The van der Waals surface area contributed by atoms with Crippen molar-refractivity contribution in [3.8, 4) is 17.2 Å². The Morgan fingerprint density at radius 3 is 2.29 bits per heavy atom. The van der Waals surface area contributed by atoms with Gasteiger partial charge in [-0.25, -0.2) is 0 Å². The number of hydrogen-bond acceptors (Lipinski definition) is 7. The van der Waals surface area contributed by atoms with Crippen LogP contribution in [0.4, 0.5) is 0 Å². The molecule has 1 N–H and O–H groups in total. The predicted molar refractivity (Wildman–Crippen MR) is 134 cm³/mol. The van der Waals surface area contributed by atoms with Gasteiger partial charge in [0.05, 0.1) is 21.3 Å². The van der Waals surface area contributed by atoms with Crippen LogP contribution in [0, 0.1) is 0 Å². The summed E-state index contributed by atoms with van der Waals surface area (Å²) in [5, 5.41) is 4.70. The molecule has 4 rings (SSSR count). The Labute approximate surface area is 207 Å². The highest BCUT2D eigenvalue weighted by molar-refractivity contribution is 7.99. The van der Waals surface area contributed by atoms with Gasteiger partial charge in [-0.1, -0.05) is 36.4 Å². The van der Waals surface area contributed by atoms with E-state index in [4.69, 9.17) is 14.2 Å². The van der Waals surface area contributed by atoms with Crippen molar-refractivity contribution in [3.05, 3.63) is 76.0 Å². The Morgan fingerprint density at radius 2 is 1.71 bits per heavy atom. The number of nitrogens with one attached hydrogen (secondary N) is 1. The molecule has 7 nitrogen and oxygen atoms in total. The number of benzene rings is 2. The minimum absolute atomic E-state index is 0.184. The highest BCUT2D eigenvalue weighted by Crippen LogP contribution is 2.45. The van der Waals surface area contributed by atoms with Gasteiger partial charge in [0.2, 0.25) is 11.7 Å². The van der Waals surface area contributed by atoms with Crippen LogP contribution in [-0.4, -0.2) is 49.8 Å². The second kappa shape index (κ2) is 10.8. The van der Waals surface area contributed by atoms with Crippen molar-refractivity contribution in [1.29, 1.82) is 0 Å². The van der Waals surface area contributed by atoms with Crippen LogP contribution in [0.5, 0.6) is 17.2 Å². The molecule has 3 aromatic rings. The van der Waals surface area contributed by atoms with E-state index in [9.17, 15) is 9.59 Å². The third kappa shape index (κ3) is 4.85. The fourth-order valence-electron chi connectivity index (χ4n) is 3.86. The van der Waals surface area contributed by atoms with Gasteiger partial charge in [0.25, 0.3) is 5.91 Å². The van der Waals surface area contributed by atoms with E-state index in [1.807, 2.05) is 47.8 Å². The molecule has 2 heterocycles. The zero-order chi connectivity index (χ0) is 24.1. The van der Waals surface area contributed by atoms with Crippen molar-refractivity contribution in [3.63, 3.8) is 0 Å². The molecule has 2 unspecified atom stereocenters. The van der Waals surface area contributed by atoms with Gasteiger partial charge >= 0.3 is 0 Å². The van der Waals surface area contributed by atoms with E-state index in [1.165, 1.54) is 21.3 Å². The molecule has 178 valence electrons. The Kier molecular flexibility index (Phi) is 7.64. The maximum atomic E-state index is 13.9. The first kappa shape index (κ1) is 24.0. The fourth-order valence-corrected chi connectivity index (χ4v) is 6.26. The number of hydrogen-bond donors (Lipinski definition) is 1. The van der Waals surface area contributed by atoms with E-state index >= 15 is 0 Å². The first-order valence-corrected chi connectivity index (χ1v) is 12.6. The van der Waals surface area contributed by atoms with Crippen LogP contribution in [0.1, 0.15) is 26.2 Å². The molecule has 0 spiro atoms. The predicted octanol–water partition coefficient (Wildman–Crippen LogP) is 4.35. The van der Waals surface area contributed by atoms with E-state index in [2.05, 4.69) is 5.32 Å². The molecule has 0 aliphatic carbocycles. The maximum absolute atomic E-state index is 13.9. The van der Waals surface area contributed by atoms with Gasteiger partial charge in [-0.05, 0) is 29.1 Å². The van der Waals surface area contributed by atoms with Crippen molar-refractivity contribution in [2.24, 2.45) is 0 Å². The van der Waals surface area contributed by atoms with E-state index in [-0.39, 0.29) is 17.2 Å². The number of methoxy groups -OCH3 is 3. The summed E-state index contributed by atoms with van der Waals surface area (Å²) in [6, 6.07) is 16.3. The van der Waals surface area contributed by atoms with Crippen molar-refractivity contribution in [2.45, 2.75) is 18.0 Å². The van der Waals surface area contributed by atoms with Crippen molar-refractivity contribution in [2.75, 3.05) is 27.1 Å². The van der Waals surface area contributed by atoms with Crippen molar-refractivity contribution < 1.29 is 23.8 Å². The van der Waals surface area contributed by atoms with Gasteiger partial charge in [-0.15, -0.1) is 23.1 Å². The Hall–Kier alpha value is -3.17. The van der Waals surface area contributed by atoms with Crippen molar-refractivity contribution in [1.82, 2.24) is 10.2 Å². The minimum atomic E-state index is -0.618. The fraction of sp³-hybridized carbons (Fsp3) is 0.280. The summed E-state index contributed by atoms with van der Waals surface area (Å²) in [7, 11) is 4.52. The lowest BCUT2D eigenvalue weighted by atomic mass is 10.1. The SMILES string of the molecule is COc1cc(C(=O)N2C(C(=O)NCc3ccccc3)CSC2c2cccs2)cc(OC)c1OC. The summed E-state index contributed by atoms with van der Waals surface area (Å²) in [6.45, 7) is 0.400. The summed E-state index contributed by atoms with van der Waals surface area (Å²) in [5.41, 5.74) is 1.36. The van der Waals surface area contributed by atoms with Gasteiger partial charge < -0.3 is 24.4 Å². The number of nitrogens with zero attached hydrogens (tertiary/aromatic N) is 1. The average molecular weight is 499 g/mol. The first-order valence-electron chi connectivity index (χ1n) is 10.7. The summed E-state index contributed by atoms with van der Waals surface area (Å²) >= 11 is 3.15. The Bertz CT molecular complexity index is 1110. The summed E-state index contributed by atoms with van der Waals surface area (Å²) in [4.78, 5) is 29.8. The number of thioether (sulfide) groups is 1. The molecule has 0 saturated carbocycles. The van der Waals surface area contributed by atoms with E-state index in [0.717, 1.165) is 10.4 Å². The van der Waals surface area contributed by atoms with Crippen molar-refractivity contribution >= 4 is 34.9 Å². The molecular formula is C25H26N2O5S2. The number of ether oxygens (including phenoxy) is 3. The Morgan fingerprint density at radius 1 is 1.00 bits per heavy atom. The number of carbonyl (C=O) groups is 2. The smallest absolute Gasteiger partial charge is 0.256 e. The summed E-state index contributed by atoms with van der Waals surface area (Å²) < 4.78 is 16.3. The highest BCUT2D eigenvalue weighted by atomic mass is 32.2. The molecule has 1 aliphatic heterocycles. The third-order valence-corrected chi connectivity index (χ3v) is 7.92. The van der Waals surface area contributed by atoms with Gasteiger partial charge in [0, 0.05) is 22.7 Å². The molecule has 2 atom stereocenters. The minimum Gasteiger partial charge on any atom is -0.493 e. The lowest BCUT2D eigenvalue weighted by Crippen LogP contribution is -2.47. The largest absolute Gasteiger partial charge is 0.493 e. The molecule has 1 aliphatic rings. The quantitative estimate of drug-likeness (QED) is 0.498. The van der Waals surface area contributed by atoms with E-state index in [0.29, 0.717) is 35.1 Å². The van der Waals surface area contributed by atoms with Crippen LogP contribution in [-0.2, 0) is 11.3 Å². The summed E-state index contributed by atoms with van der Waals surface area (Å²) in [5.74, 6) is 1.21. The molecule has 2 aromatic carbocycles. The number of thiophene rings is 1. The second-order valence-electron chi connectivity index (χ2n) is 7.55. The van der Waals surface area contributed by atoms with Gasteiger partial charge in [-0.3, -0.25) is 9.59 Å². The second-order valence-corrected chi connectivity index (χ2v) is 9.64. The van der Waals surface area contributed by atoms with Gasteiger partial charge in [-0.2, -0.15) is 0 Å². The zero-order valence-corrected chi connectivity index (χ0v) is 20.8. The third-order valence-electron chi connectivity index (χ3n) is 5.55. The Balaban J connectivity index is 1.65. The highest BCUT2D eigenvalue weighted by Gasteiger charge is 2.43. The number of rotatable bonds is 8.